The van der Waals surface area contributed by atoms with Crippen LogP contribution < -0.4 is 5.32 Å². The van der Waals surface area contributed by atoms with Gasteiger partial charge in [-0.25, -0.2) is 4.98 Å². The van der Waals surface area contributed by atoms with Gasteiger partial charge in [0.1, 0.15) is 9.52 Å². The molecule has 2 rings (SSSR count). The third-order valence-corrected chi connectivity index (χ3v) is 2.25. The van der Waals surface area contributed by atoms with Crippen molar-refractivity contribution >= 4 is 28.4 Å². The van der Waals surface area contributed by atoms with Gasteiger partial charge in [-0.15, -0.1) is 0 Å². The molecular weight excluding hydrogens is 251 g/mol. The number of halogens is 1. The molecule has 1 aromatic rings. The molecular formula is C8H9IN2. The summed E-state index contributed by atoms with van der Waals surface area (Å²) < 4.78 is 1.05. The lowest BCUT2D eigenvalue weighted by atomic mass is 10.4. The summed E-state index contributed by atoms with van der Waals surface area (Å²) in [6, 6.07) is 6.74. The molecule has 1 heterocycles. The smallest absolute Gasteiger partial charge is 0.127 e. The Morgan fingerprint density at radius 3 is 2.91 bits per heavy atom. The lowest BCUT2D eigenvalue weighted by Crippen LogP contribution is -2.02. The highest BCUT2D eigenvalue weighted by Crippen LogP contribution is 2.23. The van der Waals surface area contributed by atoms with Gasteiger partial charge in [0.2, 0.25) is 0 Å². The van der Waals surface area contributed by atoms with Gasteiger partial charge in [0.25, 0.3) is 0 Å². The van der Waals surface area contributed by atoms with Gasteiger partial charge < -0.3 is 5.32 Å². The third kappa shape index (κ3) is 2.05. The normalized spacial score (nSPS) is 16.5. The summed E-state index contributed by atoms with van der Waals surface area (Å²) in [6.45, 7) is 0. The van der Waals surface area contributed by atoms with E-state index in [1.165, 1.54) is 12.8 Å². The van der Waals surface area contributed by atoms with Crippen LogP contribution in [0.5, 0.6) is 0 Å². The van der Waals surface area contributed by atoms with Gasteiger partial charge >= 0.3 is 0 Å². The van der Waals surface area contributed by atoms with Gasteiger partial charge in [0.05, 0.1) is 0 Å². The minimum atomic E-state index is 0.695. The molecule has 0 unspecified atom stereocenters. The van der Waals surface area contributed by atoms with E-state index >= 15 is 0 Å². The first-order valence-corrected chi connectivity index (χ1v) is 4.81. The van der Waals surface area contributed by atoms with E-state index in [1.807, 2.05) is 18.2 Å². The lowest BCUT2D eigenvalue weighted by molar-refractivity contribution is 1.10. The largest absolute Gasteiger partial charge is 0.367 e. The predicted molar refractivity (Wildman–Crippen MR) is 53.6 cm³/mol. The van der Waals surface area contributed by atoms with E-state index in [4.69, 9.17) is 0 Å². The third-order valence-electron chi connectivity index (χ3n) is 1.64. The summed E-state index contributed by atoms with van der Waals surface area (Å²) in [5.41, 5.74) is 0. The minimum absolute atomic E-state index is 0.695. The molecule has 1 aromatic heterocycles. The molecule has 3 heteroatoms. The maximum atomic E-state index is 4.33. The van der Waals surface area contributed by atoms with Crippen molar-refractivity contribution in [3.63, 3.8) is 0 Å². The van der Waals surface area contributed by atoms with Crippen LogP contribution in [-0.4, -0.2) is 11.0 Å². The number of anilines is 1. The minimum Gasteiger partial charge on any atom is -0.367 e. The monoisotopic (exact) mass is 260 g/mol. The predicted octanol–water partition coefficient (Wildman–Crippen LogP) is 2.26. The van der Waals surface area contributed by atoms with Crippen molar-refractivity contribution in [2.45, 2.75) is 18.9 Å². The Morgan fingerprint density at radius 2 is 2.27 bits per heavy atom. The Bertz CT molecular complexity index is 258. The average Bonchev–Trinajstić information content (AvgIpc) is 2.71. The van der Waals surface area contributed by atoms with E-state index in [1.54, 1.807) is 0 Å². The highest BCUT2D eigenvalue weighted by Gasteiger charge is 2.20. The maximum absolute atomic E-state index is 4.33. The number of aromatic nitrogens is 1. The fraction of sp³-hybridized carbons (Fsp3) is 0.375. The second kappa shape index (κ2) is 2.97. The van der Waals surface area contributed by atoms with E-state index in [2.05, 4.69) is 32.9 Å². The van der Waals surface area contributed by atoms with Crippen molar-refractivity contribution in [2.24, 2.45) is 0 Å². The van der Waals surface area contributed by atoms with Crippen LogP contribution in [0.3, 0.4) is 0 Å². The van der Waals surface area contributed by atoms with E-state index in [0.717, 1.165) is 9.52 Å². The Kier molecular flexibility index (Phi) is 1.98. The fourth-order valence-electron chi connectivity index (χ4n) is 0.925. The van der Waals surface area contributed by atoms with Crippen molar-refractivity contribution in [3.05, 3.63) is 21.9 Å². The van der Waals surface area contributed by atoms with Gasteiger partial charge in [-0.2, -0.15) is 0 Å². The molecule has 0 spiro atoms. The summed E-state index contributed by atoms with van der Waals surface area (Å²) in [5, 5.41) is 3.34. The van der Waals surface area contributed by atoms with Crippen LogP contribution in [0.4, 0.5) is 5.82 Å². The van der Waals surface area contributed by atoms with Crippen LogP contribution >= 0.6 is 22.6 Å². The Balaban J connectivity index is 2.10. The first-order valence-electron chi connectivity index (χ1n) is 3.74. The SMILES string of the molecule is Ic1cccc(NC2CC2)n1. The van der Waals surface area contributed by atoms with Crippen molar-refractivity contribution in [1.82, 2.24) is 4.98 Å². The zero-order chi connectivity index (χ0) is 7.68. The molecule has 1 saturated carbocycles. The van der Waals surface area contributed by atoms with Crippen LogP contribution in [0.2, 0.25) is 0 Å². The van der Waals surface area contributed by atoms with Gasteiger partial charge in [-0.3, -0.25) is 0 Å². The van der Waals surface area contributed by atoms with Gasteiger partial charge in [-0.1, -0.05) is 6.07 Å². The first-order chi connectivity index (χ1) is 5.34. The van der Waals surface area contributed by atoms with Gasteiger partial charge in [0, 0.05) is 6.04 Å². The summed E-state index contributed by atoms with van der Waals surface area (Å²) in [4.78, 5) is 4.33. The topological polar surface area (TPSA) is 24.9 Å². The molecule has 1 aliphatic carbocycles. The second-order valence-electron chi connectivity index (χ2n) is 2.76. The summed E-state index contributed by atoms with van der Waals surface area (Å²) in [5.74, 6) is 1.01. The van der Waals surface area contributed by atoms with E-state index in [9.17, 15) is 0 Å². The van der Waals surface area contributed by atoms with Crippen molar-refractivity contribution < 1.29 is 0 Å². The molecule has 1 N–H and O–H groups in total. The molecule has 2 nitrogen and oxygen atoms in total. The average molecular weight is 260 g/mol. The molecule has 0 atom stereocenters. The van der Waals surface area contributed by atoms with Crippen LogP contribution in [0.1, 0.15) is 12.8 Å². The molecule has 1 aliphatic rings. The van der Waals surface area contributed by atoms with Crippen LogP contribution in [0, 0.1) is 3.70 Å². The van der Waals surface area contributed by atoms with Crippen LogP contribution in [0.15, 0.2) is 18.2 Å². The maximum Gasteiger partial charge on any atom is 0.127 e. The number of pyridine rings is 1. The molecule has 0 aliphatic heterocycles. The molecule has 58 valence electrons. The van der Waals surface area contributed by atoms with Crippen LogP contribution in [-0.2, 0) is 0 Å². The zero-order valence-corrected chi connectivity index (χ0v) is 8.21. The standard InChI is InChI=1S/C8H9IN2/c9-7-2-1-3-8(11-7)10-6-4-5-6/h1-3,6H,4-5H2,(H,10,11). The summed E-state index contributed by atoms with van der Waals surface area (Å²) >= 11 is 2.22. The first kappa shape index (κ1) is 7.34. The lowest BCUT2D eigenvalue weighted by Gasteiger charge is -2.01. The van der Waals surface area contributed by atoms with Crippen LogP contribution in [0.25, 0.3) is 0 Å². The molecule has 0 bridgehead atoms. The van der Waals surface area contributed by atoms with E-state index in [-0.39, 0.29) is 0 Å². The van der Waals surface area contributed by atoms with Crippen molar-refractivity contribution in [3.8, 4) is 0 Å². The molecule has 0 radical (unpaired) electrons. The summed E-state index contributed by atoms with van der Waals surface area (Å²) in [6.07, 6.45) is 2.60. The van der Waals surface area contributed by atoms with Crippen molar-refractivity contribution in [2.75, 3.05) is 5.32 Å². The van der Waals surface area contributed by atoms with Gasteiger partial charge in [-0.05, 0) is 47.6 Å². The molecule has 0 aromatic carbocycles. The Hall–Kier alpha value is -0.320. The number of nitrogens with zero attached hydrogens (tertiary/aromatic N) is 1. The molecule has 11 heavy (non-hydrogen) atoms. The summed E-state index contributed by atoms with van der Waals surface area (Å²) in [7, 11) is 0. The number of rotatable bonds is 2. The number of hydrogen-bond acceptors (Lipinski definition) is 2. The van der Waals surface area contributed by atoms with E-state index < -0.39 is 0 Å². The number of nitrogens with one attached hydrogen (secondary N) is 1. The van der Waals surface area contributed by atoms with Crippen molar-refractivity contribution in [1.29, 1.82) is 0 Å². The molecule has 1 fully saturated rings. The Morgan fingerprint density at radius 1 is 1.45 bits per heavy atom. The highest BCUT2D eigenvalue weighted by atomic mass is 127. The molecule has 0 amide bonds. The highest BCUT2D eigenvalue weighted by molar-refractivity contribution is 14.1. The Labute approximate surface area is 79.6 Å². The van der Waals surface area contributed by atoms with E-state index in [0.29, 0.717) is 6.04 Å². The van der Waals surface area contributed by atoms with Gasteiger partial charge in [0.15, 0.2) is 0 Å². The molecule has 0 saturated heterocycles. The second-order valence-corrected chi connectivity index (χ2v) is 3.87. The quantitative estimate of drug-likeness (QED) is 0.651. The fourth-order valence-corrected chi connectivity index (χ4v) is 1.39. The number of hydrogen-bond donors (Lipinski definition) is 1. The zero-order valence-electron chi connectivity index (χ0n) is 6.05.